The molecule has 6 rings (SSSR count). The van der Waals surface area contributed by atoms with Gasteiger partial charge in [-0.15, -0.1) is 23.5 Å². The van der Waals surface area contributed by atoms with Gasteiger partial charge in [0.15, 0.2) is 12.1 Å². The van der Waals surface area contributed by atoms with E-state index in [1.807, 2.05) is 149 Å². The third-order valence-corrected chi connectivity index (χ3v) is 13.8. The van der Waals surface area contributed by atoms with Gasteiger partial charge in [0, 0.05) is 22.6 Å². The zero-order valence-corrected chi connectivity index (χ0v) is 38.0. The first-order chi connectivity index (χ1) is 30.7. The molecule has 16 heteroatoms. The molecule has 6 atom stereocenters. The second kappa shape index (κ2) is 22.3. The van der Waals surface area contributed by atoms with Gasteiger partial charge in [-0.05, 0) is 49.9 Å². The smallest absolute Gasteiger partial charge is 0.331 e. The lowest BCUT2D eigenvalue weighted by Crippen LogP contribution is -2.57. The van der Waals surface area contributed by atoms with Crippen LogP contribution in [0.5, 0.6) is 0 Å². The third-order valence-electron chi connectivity index (χ3n) is 10.8. The summed E-state index contributed by atoms with van der Waals surface area (Å²) >= 11 is 2.71. The maximum Gasteiger partial charge on any atom is 0.331 e. The van der Waals surface area contributed by atoms with Crippen molar-refractivity contribution in [1.82, 2.24) is 31.9 Å². The van der Waals surface area contributed by atoms with Gasteiger partial charge in [0.05, 0.1) is 23.6 Å². The SMILES string of the molecule is CC1(C)S[C@H]([C@H](NC(=O)Cc2ccccc2)C(=O)OCc2ccccc2)N[C@H]1C(=O)NCCNC(=O)[C@@H]1N[C@@H]([C@H](NC(=O)Cc2ccccc2)C(=O)OCc2ccccc2)SC1(C)C. The van der Waals surface area contributed by atoms with Crippen LogP contribution < -0.4 is 31.9 Å². The highest BCUT2D eigenvalue weighted by Gasteiger charge is 2.51. The molecule has 0 bridgehead atoms. The summed E-state index contributed by atoms with van der Waals surface area (Å²) in [7, 11) is 0. The summed E-state index contributed by atoms with van der Waals surface area (Å²) in [6.07, 6.45) is 0.111. The van der Waals surface area contributed by atoms with Crippen LogP contribution in [0, 0.1) is 0 Å². The second-order valence-electron chi connectivity index (χ2n) is 16.7. The molecular weight excluding hydrogens is 853 g/mol. The maximum atomic E-state index is 13.7. The lowest BCUT2D eigenvalue weighted by Gasteiger charge is -2.25. The van der Waals surface area contributed by atoms with E-state index in [4.69, 9.17) is 9.47 Å². The predicted octanol–water partition coefficient (Wildman–Crippen LogP) is 3.78. The largest absolute Gasteiger partial charge is 0.459 e. The van der Waals surface area contributed by atoms with Gasteiger partial charge < -0.3 is 30.7 Å². The monoisotopic (exact) mass is 908 g/mol. The Balaban J connectivity index is 1.04. The quantitative estimate of drug-likeness (QED) is 0.0591. The zero-order valence-electron chi connectivity index (χ0n) is 36.3. The molecule has 2 saturated heterocycles. The molecule has 2 aliphatic rings. The molecule has 2 heterocycles. The number of benzene rings is 4. The van der Waals surface area contributed by atoms with Crippen LogP contribution in [0.3, 0.4) is 0 Å². The van der Waals surface area contributed by atoms with Crippen molar-refractivity contribution in [2.75, 3.05) is 13.1 Å². The molecular formula is C48H56N6O8S2. The molecule has 4 aromatic carbocycles. The Kier molecular flexibility index (Phi) is 16.6. The van der Waals surface area contributed by atoms with Gasteiger partial charge in [0.25, 0.3) is 0 Å². The standard InChI is InChI=1S/C48H56N6O8S2/c1-47(2)39(53-43(63-47)37(45(59)61-29-33-21-13-7-14-22-33)51-35(55)27-31-17-9-5-10-18-31)41(57)49-25-26-50-42(58)40-48(3,4)64-44(54-40)38(46(60)62-30-34-23-15-8-16-24-34)52-36(56)28-32-19-11-6-12-20-32/h5-24,37-40,43-44,53-54H,25-30H2,1-4H3,(H,49,57)(H,50,58)(H,51,55)(H,52,56)/t37-,38-,39-,40-,43+,44+/m0/s1. The minimum Gasteiger partial charge on any atom is -0.459 e. The molecule has 14 nitrogen and oxygen atoms in total. The van der Waals surface area contributed by atoms with Crippen molar-refractivity contribution >= 4 is 59.1 Å². The van der Waals surface area contributed by atoms with Gasteiger partial charge >= 0.3 is 11.9 Å². The van der Waals surface area contributed by atoms with Crippen molar-refractivity contribution in [3.63, 3.8) is 0 Å². The Hall–Kier alpha value is -5.68. The fourth-order valence-corrected chi connectivity index (χ4v) is 10.4. The minimum absolute atomic E-state index is 0.0151. The van der Waals surface area contributed by atoms with Crippen LogP contribution in [-0.2, 0) is 64.3 Å². The van der Waals surface area contributed by atoms with Crippen LogP contribution in [0.2, 0.25) is 0 Å². The summed E-state index contributed by atoms with van der Waals surface area (Å²) in [5.74, 6) is -2.70. The highest BCUT2D eigenvalue weighted by molar-refractivity contribution is 8.01. The first kappa shape index (κ1) is 47.8. The molecule has 0 saturated carbocycles. The molecule has 0 unspecified atom stereocenters. The molecule has 6 N–H and O–H groups in total. The van der Waals surface area contributed by atoms with Crippen LogP contribution in [0.25, 0.3) is 0 Å². The van der Waals surface area contributed by atoms with E-state index in [9.17, 15) is 28.8 Å². The summed E-state index contributed by atoms with van der Waals surface area (Å²) < 4.78 is 9.94. The Bertz CT molecular complexity index is 2060. The maximum absolute atomic E-state index is 13.7. The van der Waals surface area contributed by atoms with E-state index in [2.05, 4.69) is 31.9 Å². The van der Waals surface area contributed by atoms with E-state index in [1.165, 1.54) is 23.5 Å². The van der Waals surface area contributed by atoms with Crippen molar-refractivity contribution < 1.29 is 38.2 Å². The molecule has 2 fully saturated rings. The Morgan fingerprint density at radius 3 is 1.16 bits per heavy atom. The number of amides is 4. The number of nitrogens with one attached hydrogen (secondary N) is 6. The highest BCUT2D eigenvalue weighted by Crippen LogP contribution is 2.40. The van der Waals surface area contributed by atoms with Crippen LogP contribution in [-0.4, -0.2) is 93.1 Å². The fourth-order valence-electron chi connectivity index (χ4n) is 7.44. The number of hydrogen-bond donors (Lipinski definition) is 6. The summed E-state index contributed by atoms with van der Waals surface area (Å²) in [4.78, 5) is 81.1. The van der Waals surface area contributed by atoms with Crippen LogP contribution in [0.15, 0.2) is 121 Å². The lowest BCUT2D eigenvalue weighted by atomic mass is 10.0. The van der Waals surface area contributed by atoms with E-state index in [-0.39, 0.29) is 62.8 Å². The molecule has 338 valence electrons. The van der Waals surface area contributed by atoms with Gasteiger partial charge in [-0.25, -0.2) is 9.59 Å². The van der Waals surface area contributed by atoms with E-state index in [0.717, 1.165) is 22.3 Å². The lowest BCUT2D eigenvalue weighted by molar-refractivity contribution is -0.149. The van der Waals surface area contributed by atoms with Crippen molar-refractivity contribution in [3.05, 3.63) is 144 Å². The number of hydrogen-bond acceptors (Lipinski definition) is 12. The van der Waals surface area contributed by atoms with Crippen LogP contribution in [0.1, 0.15) is 49.9 Å². The number of ether oxygens (including phenoxy) is 2. The normalized spacial score (nSPS) is 20.5. The molecule has 0 aromatic heterocycles. The minimum atomic E-state index is -1.10. The number of rotatable bonds is 19. The van der Waals surface area contributed by atoms with Gasteiger partial charge in [-0.3, -0.25) is 29.8 Å². The first-order valence-corrected chi connectivity index (χ1v) is 23.0. The molecule has 4 amide bonds. The third kappa shape index (κ3) is 13.4. The zero-order chi connectivity index (χ0) is 45.7. The average Bonchev–Trinajstić information content (AvgIpc) is 3.79. The van der Waals surface area contributed by atoms with Crippen molar-refractivity contribution in [2.24, 2.45) is 0 Å². The molecule has 4 aromatic rings. The van der Waals surface area contributed by atoms with Crippen LogP contribution in [0.4, 0.5) is 0 Å². The molecule has 0 aliphatic carbocycles. The summed E-state index contributed by atoms with van der Waals surface area (Å²) in [5.41, 5.74) is 3.15. The summed E-state index contributed by atoms with van der Waals surface area (Å²) in [5, 5.41) is 16.7. The van der Waals surface area contributed by atoms with Crippen molar-refractivity contribution in [1.29, 1.82) is 0 Å². The summed E-state index contributed by atoms with van der Waals surface area (Å²) in [6, 6.07) is 33.1. The number of esters is 2. The van der Waals surface area contributed by atoms with Gasteiger partial charge in [0.1, 0.15) is 25.3 Å². The molecule has 64 heavy (non-hydrogen) atoms. The number of thioether (sulfide) groups is 2. The highest BCUT2D eigenvalue weighted by atomic mass is 32.2. The van der Waals surface area contributed by atoms with Gasteiger partial charge in [-0.1, -0.05) is 121 Å². The van der Waals surface area contributed by atoms with E-state index < -0.39 is 56.3 Å². The van der Waals surface area contributed by atoms with E-state index in [0.29, 0.717) is 0 Å². The van der Waals surface area contributed by atoms with Crippen molar-refractivity contribution in [3.8, 4) is 0 Å². The fraction of sp³-hybridized carbons (Fsp3) is 0.375. The van der Waals surface area contributed by atoms with Crippen molar-refractivity contribution in [2.45, 2.75) is 98.2 Å². The van der Waals surface area contributed by atoms with Gasteiger partial charge in [-0.2, -0.15) is 0 Å². The van der Waals surface area contributed by atoms with E-state index in [1.54, 1.807) is 0 Å². The molecule has 0 spiro atoms. The molecule has 0 radical (unpaired) electrons. The van der Waals surface area contributed by atoms with Gasteiger partial charge in [0.2, 0.25) is 23.6 Å². The van der Waals surface area contributed by atoms with E-state index >= 15 is 0 Å². The van der Waals surface area contributed by atoms with Crippen LogP contribution >= 0.6 is 23.5 Å². The average molecular weight is 909 g/mol. The Labute approximate surface area is 382 Å². The number of carbonyl (C=O) groups is 6. The number of carbonyl (C=O) groups excluding carboxylic acids is 6. The first-order valence-electron chi connectivity index (χ1n) is 21.2. The molecule has 2 aliphatic heterocycles. The predicted molar refractivity (Wildman–Crippen MR) is 247 cm³/mol. The topological polar surface area (TPSA) is 193 Å². The Morgan fingerprint density at radius 1 is 0.516 bits per heavy atom. The summed E-state index contributed by atoms with van der Waals surface area (Å²) in [6.45, 7) is 7.74. The second-order valence-corrected chi connectivity index (χ2v) is 20.3. The Morgan fingerprint density at radius 2 is 0.828 bits per heavy atom.